The minimum atomic E-state index is -4.07. The number of rotatable bonds is 5. The number of H-pyrrole nitrogens is 1. The van der Waals surface area contributed by atoms with Crippen molar-refractivity contribution in [2.75, 3.05) is 4.72 Å². The molecule has 3 aromatic rings. The largest absolute Gasteiger partial charge is 0.360 e. The Kier molecular flexibility index (Phi) is 4.18. The Labute approximate surface area is 147 Å². The van der Waals surface area contributed by atoms with E-state index in [4.69, 9.17) is 5.14 Å². The van der Waals surface area contributed by atoms with Crippen molar-refractivity contribution in [3.8, 4) is 0 Å². The number of anilines is 1. The number of hydrogen-bond donors (Lipinski definition) is 3. The Morgan fingerprint density at radius 1 is 1.04 bits per heavy atom. The fraction of sp³-hybridized carbons (Fsp3) is 0. The maximum Gasteiger partial charge on any atom is 0.270 e. The van der Waals surface area contributed by atoms with Crippen molar-refractivity contribution >= 4 is 42.3 Å². The normalized spacial score (nSPS) is 12.2. The second-order valence-electron chi connectivity index (χ2n) is 5.31. The number of nitrogens with two attached hydrogens (primary N) is 1. The van der Waals surface area contributed by atoms with Crippen LogP contribution >= 0.6 is 0 Å². The summed E-state index contributed by atoms with van der Waals surface area (Å²) in [7, 11) is -7.97. The zero-order chi connectivity index (χ0) is 19.1. The quantitative estimate of drug-likeness (QED) is 0.437. The Morgan fingerprint density at radius 2 is 1.69 bits per heavy atom. The highest BCUT2D eigenvalue weighted by Crippen LogP contribution is 2.28. The van der Waals surface area contributed by atoms with Gasteiger partial charge in [0.15, 0.2) is 0 Å². The van der Waals surface area contributed by atoms with Gasteiger partial charge in [-0.25, -0.2) is 22.0 Å². The van der Waals surface area contributed by atoms with E-state index >= 15 is 0 Å². The van der Waals surface area contributed by atoms with Crippen LogP contribution in [0.25, 0.3) is 10.9 Å². The average Bonchev–Trinajstić information content (AvgIpc) is 2.98. The lowest BCUT2D eigenvalue weighted by Gasteiger charge is -2.08. The molecule has 0 atom stereocenters. The first-order valence-electron chi connectivity index (χ1n) is 6.99. The molecule has 0 saturated carbocycles. The third-order valence-electron chi connectivity index (χ3n) is 3.56. The Bertz CT molecular complexity index is 1210. The standard InChI is InChI=1S/C14H12N4O6S2/c15-25(21,22)11-4-1-9(2-5-11)17-26(23,24)14-8-16-13-6-3-10(18(19)20)7-12(13)14/h1-8,16-17H,(H2,15,21,22). The van der Waals surface area contributed by atoms with Gasteiger partial charge < -0.3 is 4.98 Å². The average molecular weight is 396 g/mol. The highest BCUT2D eigenvalue weighted by molar-refractivity contribution is 7.93. The summed E-state index contributed by atoms with van der Waals surface area (Å²) in [6.07, 6.45) is 1.22. The van der Waals surface area contributed by atoms with E-state index in [2.05, 4.69) is 9.71 Å². The van der Waals surface area contributed by atoms with E-state index in [0.29, 0.717) is 5.52 Å². The van der Waals surface area contributed by atoms with Gasteiger partial charge in [0.25, 0.3) is 15.7 Å². The van der Waals surface area contributed by atoms with E-state index < -0.39 is 25.0 Å². The van der Waals surface area contributed by atoms with Crippen molar-refractivity contribution in [3.05, 3.63) is 58.8 Å². The Morgan fingerprint density at radius 3 is 2.27 bits per heavy atom. The number of aromatic amines is 1. The van der Waals surface area contributed by atoms with Crippen LogP contribution in [-0.4, -0.2) is 26.7 Å². The zero-order valence-corrected chi connectivity index (χ0v) is 14.5. The molecule has 12 heteroatoms. The van der Waals surface area contributed by atoms with E-state index in [1.807, 2.05) is 0 Å². The van der Waals surface area contributed by atoms with Crippen LogP contribution in [0.2, 0.25) is 0 Å². The predicted octanol–water partition coefficient (Wildman–Crippen LogP) is 1.52. The third-order valence-corrected chi connectivity index (χ3v) is 5.91. The first kappa shape index (κ1) is 17.8. The van der Waals surface area contributed by atoms with Gasteiger partial charge >= 0.3 is 0 Å². The number of primary sulfonamides is 1. The SMILES string of the molecule is NS(=O)(=O)c1ccc(NS(=O)(=O)c2c[nH]c3ccc([N+](=O)[O-])cc23)cc1. The predicted molar refractivity (Wildman–Crippen MR) is 93.6 cm³/mol. The fourth-order valence-electron chi connectivity index (χ4n) is 2.34. The highest BCUT2D eigenvalue weighted by atomic mass is 32.2. The molecule has 10 nitrogen and oxygen atoms in total. The fourth-order valence-corrected chi connectivity index (χ4v) is 4.09. The zero-order valence-electron chi connectivity index (χ0n) is 12.9. The van der Waals surface area contributed by atoms with E-state index in [9.17, 15) is 26.9 Å². The molecule has 0 bridgehead atoms. The second-order valence-corrected chi connectivity index (χ2v) is 8.53. The number of sulfonamides is 2. The van der Waals surface area contributed by atoms with Crippen LogP contribution in [0.3, 0.4) is 0 Å². The number of fused-ring (bicyclic) bond motifs is 1. The molecule has 0 amide bonds. The van der Waals surface area contributed by atoms with Gasteiger partial charge in [-0.05, 0) is 30.3 Å². The lowest BCUT2D eigenvalue weighted by atomic mass is 10.2. The number of benzene rings is 2. The summed E-state index contributed by atoms with van der Waals surface area (Å²) >= 11 is 0. The molecule has 0 saturated heterocycles. The molecule has 3 rings (SSSR count). The van der Waals surface area contributed by atoms with Gasteiger partial charge in [-0.2, -0.15) is 0 Å². The molecule has 0 radical (unpaired) electrons. The van der Waals surface area contributed by atoms with Crippen LogP contribution in [0.15, 0.2) is 58.5 Å². The van der Waals surface area contributed by atoms with Crippen LogP contribution in [0, 0.1) is 10.1 Å². The Balaban J connectivity index is 1.99. The van der Waals surface area contributed by atoms with Crippen LogP contribution in [-0.2, 0) is 20.0 Å². The van der Waals surface area contributed by atoms with E-state index in [0.717, 1.165) is 18.2 Å². The van der Waals surface area contributed by atoms with Gasteiger partial charge in [0.2, 0.25) is 10.0 Å². The number of hydrogen-bond acceptors (Lipinski definition) is 6. The lowest BCUT2D eigenvalue weighted by Crippen LogP contribution is -2.14. The molecule has 0 spiro atoms. The first-order valence-corrected chi connectivity index (χ1v) is 10.0. The van der Waals surface area contributed by atoms with Crippen LogP contribution < -0.4 is 9.86 Å². The van der Waals surface area contributed by atoms with Gasteiger partial charge in [-0.3, -0.25) is 14.8 Å². The molecule has 136 valence electrons. The third kappa shape index (κ3) is 3.37. The molecule has 1 heterocycles. The van der Waals surface area contributed by atoms with Crippen LogP contribution in [0.4, 0.5) is 11.4 Å². The van der Waals surface area contributed by atoms with E-state index in [1.165, 1.54) is 30.5 Å². The van der Waals surface area contributed by atoms with Gasteiger partial charge in [0, 0.05) is 34.9 Å². The molecule has 0 unspecified atom stereocenters. The van der Waals surface area contributed by atoms with Gasteiger partial charge in [-0.1, -0.05) is 0 Å². The molecule has 26 heavy (non-hydrogen) atoms. The van der Waals surface area contributed by atoms with Gasteiger partial charge in [0.05, 0.1) is 9.82 Å². The van der Waals surface area contributed by atoms with Crippen molar-refractivity contribution in [1.82, 2.24) is 4.98 Å². The monoisotopic (exact) mass is 396 g/mol. The van der Waals surface area contributed by atoms with Crippen molar-refractivity contribution in [2.45, 2.75) is 9.79 Å². The van der Waals surface area contributed by atoms with E-state index in [-0.39, 0.29) is 26.6 Å². The molecule has 0 aliphatic carbocycles. The molecule has 2 aromatic carbocycles. The summed E-state index contributed by atoms with van der Waals surface area (Å²) in [4.78, 5) is 12.7. The second kappa shape index (κ2) is 6.09. The maximum atomic E-state index is 12.6. The molecule has 0 fully saturated rings. The van der Waals surface area contributed by atoms with Crippen molar-refractivity contribution in [1.29, 1.82) is 0 Å². The number of nitro benzene ring substituents is 1. The van der Waals surface area contributed by atoms with Gasteiger partial charge in [0.1, 0.15) is 4.90 Å². The first-order chi connectivity index (χ1) is 12.1. The van der Waals surface area contributed by atoms with Crippen molar-refractivity contribution in [2.24, 2.45) is 5.14 Å². The molecule has 0 aliphatic rings. The maximum absolute atomic E-state index is 12.6. The lowest BCUT2D eigenvalue weighted by molar-refractivity contribution is -0.384. The minimum Gasteiger partial charge on any atom is -0.360 e. The van der Waals surface area contributed by atoms with E-state index in [1.54, 1.807) is 0 Å². The Hall–Kier alpha value is -2.96. The number of non-ortho nitro benzene ring substituents is 1. The summed E-state index contributed by atoms with van der Waals surface area (Å²) in [5.41, 5.74) is 0.281. The molecular formula is C14H12N4O6S2. The smallest absolute Gasteiger partial charge is 0.270 e. The highest BCUT2D eigenvalue weighted by Gasteiger charge is 2.21. The topological polar surface area (TPSA) is 165 Å². The summed E-state index contributed by atoms with van der Waals surface area (Å²) in [5.74, 6) is 0. The number of nitrogens with zero attached hydrogens (tertiary/aromatic N) is 1. The summed E-state index contributed by atoms with van der Waals surface area (Å²) in [6, 6.07) is 8.64. The van der Waals surface area contributed by atoms with Crippen LogP contribution in [0.1, 0.15) is 0 Å². The van der Waals surface area contributed by atoms with Crippen molar-refractivity contribution < 1.29 is 21.8 Å². The summed E-state index contributed by atoms with van der Waals surface area (Å²) in [6.45, 7) is 0. The van der Waals surface area contributed by atoms with Crippen LogP contribution in [0.5, 0.6) is 0 Å². The van der Waals surface area contributed by atoms with Crippen molar-refractivity contribution in [3.63, 3.8) is 0 Å². The number of nitrogens with one attached hydrogen (secondary N) is 2. The summed E-state index contributed by atoms with van der Waals surface area (Å²) < 4.78 is 49.9. The number of aromatic nitrogens is 1. The van der Waals surface area contributed by atoms with Gasteiger partial charge in [-0.15, -0.1) is 0 Å². The molecule has 1 aromatic heterocycles. The summed E-state index contributed by atoms with van der Waals surface area (Å²) in [5, 5.41) is 16.0. The number of nitro groups is 1. The molecule has 0 aliphatic heterocycles. The molecule has 4 N–H and O–H groups in total. The minimum absolute atomic E-state index is 0.109. The molecular weight excluding hydrogens is 384 g/mol.